The lowest BCUT2D eigenvalue weighted by Crippen LogP contribution is -2.45. The van der Waals surface area contributed by atoms with Crippen molar-refractivity contribution in [2.24, 2.45) is 0 Å². The molecule has 0 heterocycles. The summed E-state index contributed by atoms with van der Waals surface area (Å²) in [5.74, 6) is -1.45. The molecule has 0 aromatic heterocycles. The standard InChI is InChI=1S/C20H23ClFNO6S2/c1-3-13-30(25,26)19(15(2)21)23(22)31(27,28)18-12-8-7-11-17(18)20(24)29-14-16-9-5-4-6-10-16/h4-12,15,19H,3,13-14H2,1-2H3. The lowest BCUT2D eigenvalue weighted by Gasteiger charge is -2.25. The lowest BCUT2D eigenvalue weighted by molar-refractivity contribution is 0.0467. The molecule has 2 rings (SSSR count). The number of carbonyl (C=O) groups excluding carboxylic acids is 1. The molecule has 170 valence electrons. The minimum Gasteiger partial charge on any atom is -0.457 e. The van der Waals surface area contributed by atoms with Gasteiger partial charge in [-0.3, -0.25) is 0 Å². The first-order valence-corrected chi connectivity index (χ1v) is 13.0. The molecule has 0 bridgehead atoms. The van der Waals surface area contributed by atoms with Crippen LogP contribution in [0, 0.1) is 0 Å². The number of hydrogen-bond donors (Lipinski definition) is 0. The SMILES string of the molecule is CCCS(=O)(=O)C(C(C)Cl)N(F)S(=O)(=O)c1ccccc1C(=O)OCc1ccccc1. The van der Waals surface area contributed by atoms with Crippen LogP contribution in [0.5, 0.6) is 0 Å². The van der Waals surface area contributed by atoms with Crippen LogP contribution in [0.3, 0.4) is 0 Å². The van der Waals surface area contributed by atoms with Gasteiger partial charge in [0.05, 0.1) is 21.6 Å². The summed E-state index contributed by atoms with van der Waals surface area (Å²) in [5, 5.41) is -3.53. The van der Waals surface area contributed by atoms with Gasteiger partial charge in [-0.1, -0.05) is 49.4 Å². The van der Waals surface area contributed by atoms with Crippen LogP contribution in [-0.4, -0.2) is 43.8 Å². The largest absolute Gasteiger partial charge is 0.457 e. The molecule has 2 aromatic carbocycles. The minimum absolute atomic E-state index is 0.125. The van der Waals surface area contributed by atoms with Crippen LogP contribution >= 0.6 is 11.6 Å². The molecule has 0 aliphatic carbocycles. The van der Waals surface area contributed by atoms with E-state index in [4.69, 9.17) is 16.3 Å². The molecule has 0 aliphatic rings. The summed E-state index contributed by atoms with van der Waals surface area (Å²) in [6.07, 6.45) is 0.152. The highest BCUT2D eigenvalue weighted by molar-refractivity contribution is 7.94. The normalized spacial score (nSPS) is 14.2. The summed E-state index contributed by atoms with van der Waals surface area (Å²) in [4.78, 5) is 11.8. The van der Waals surface area contributed by atoms with E-state index in [2.05, 4.69) is 0 Å². The number of hydrogen-bond acceptors (Lipinski definition) is 6. The summed E-state index contributed by atoms with van der Waals surface area (Å²) in [7, 11) is -9.26. The van der Waals surface area contributed by atoms with Gasteiger partial charge in [-0.25, -0.2) is 21.6 Å². The Kier molecular flexibility index (Phi) is 8.58. The van der Waals surface area contributed by atoms with Gasteiger partial charge >= 0.3 is 5.97 Å². The van der Waals surface area contributed by atoms with Gasteiger partial charge < -0.3 is 4.74 Å². The maximum atomic E-state index is 15.1. The number of benzene rings is 2. The molecule has 2 aromatic rings. The van der Waals surface area contributed by atoms with Gasteiger partial charge in [-0.2, -0.15) is 0 Å². The second kappa shape index (κ2) is 10.5. The van der Waals surface area contributed by atoms with Crippen LogP contribution < -0.4 is 0 Å². The number of rotatable bonds is 10. The van der Waals surface area contributed by atoms with Crippen molar-refractivity contribution < 1.29 is 30.8 Å². The number of alkyl halides is 1. The van der Waals surface area contributed by atoms with Gasteiger partial charge in [-0.05, 0) is 35.6 Å². The second-order valence-electron chi connectivity index (χ2n) is 6.74. The van der Waals surface area contributed by atoms with Crippen molar-refractivity contribution in [3.63, 3.8) is 0 Å². The Labute approximate surface area is 186 Å². The van der Waals surface area contributed by atoms with Gasteiger partial charge in [0.1, 0.15) is 6.61 Å². The molecule has 0 amide bonds. The van der Waals surface area contributed by atoms with Crippen LogP contribution in [0.1, 0.15) is 36.2 Å². The van der Waals surface area contributed by atoms with Crippen molar-refractivity contribution in [2.75, 3.05) is 5.75 Å². The number of halogens is 2. The molecule has 7 nitrogen and oxygen atoms in total. The smallest absolute Gasteiger partial charge is 0.339 e. The number of ether oxygens (including phenoxy) is 1. The molecular formula is C20H23ClFNO6S2. The van der Waals surface area contributed by atoms with E-state index < -0.39 is 57.3 Å². The predicted molar refractivity (Wildman–Crippen MR) is 115 cm³/mol. The van der Waals surface area contributed by atoms with Crippen molar-refractivity contribution >= 4 is 37.4 Å². The van der Waals surface area contributed by atoms with E-state index in [1.165, 1.54) is 19.1 Å². The maximum Gasteiger partial charge on any atom is 0.339 e. The van der Waals surface area contributed by atoms with Gasteiger partial charge in [0, 0.05) is 0 Å². The molecule has 0 radical (unpaired) electrons. The number of sulfonamides is 1. The first-order chi connectivity index (χ1) is 14.5. The third kappa shape index (κ3) is 6.03. The molecule has 2 atom stereocenters. The first-order valence-electron chi connectivity index (χ1n) is 9.38. The highest BCUT2D eigenvalue weighted by atomic mass is 35.5. The first kappa shape index (κ1) is 25.3. The van der Waals surface area contributed by atoms with Gasteiger partial charge in [0.25, 0.3) is 10.0 Å². The fraction of sp³-hybridized carbons (Fsp3) is 0.350. The fourth-order valence-corrected chi connectivity index (χ4v) is 7.20. The molecule has 11 heteroatoms. The Morgan fingerprint density at radius 3 is 2.23 bits per heavy atom. The monoisotopic (exact) mass is 491 g/mol. The molecule has 31 heavy (non-hydrogen) atoms. The summed E-state index contributed by atoms with van der Waals surface area (Å²) in [5.41, 5.74) is 0.250. The number of carbonyl (C=O) groups is 1. The van der Waals surface area contributed by atoms with Gasteiger partial charge in [0.15, 0.2) is 15.2 Å². The van der Waals surface area contributed by atoms with Crippen molar-refractivity contribution in [3.8, 4) is 0 Å². The second-order valence-corrected chi connectivity index (χ2v) is 11.4. The van der Waals surface area contributed by atoms with Gasteiger partial charge in [-0.15, -0.1) is 16.1 Å². The van der Waals surface area contributed by atoms with Crippen LogP contribution in [0.15, 0.2) is 59.5 Å². The van der Waals surface area contributed by atoms with E-state index in [0.717, 1.165) is 12.1 Å². The number of sulfone groups is 1. The van der Waals surface area contributed by atoms with E-state index in [0.29, 0.717) is 5.56 Å². The quantitative estimate of drug-likeness (QED) is 0.285. The molecule has 0 N–H and O–H groups in total. The van der Waals surface area contributed by atoms with Crippen LogP contribution in [0.4, 0.5) is 4.48 Å². The molecule has 0 aliphatic heterocycles. The van der Waals surface area contributed by atoms with Crippen LogP contribution in [-0.2, 0) is 31.2 Å². The Hall–Kier alpha value is -2.01. The van der Waals surface area contributed by atoms with E-state index in [1.807, 2.05) is 0 Å². The predicted octanol–water partition coefficient (Wildman–Crippen LogP) is 3.70. The third-order valence-electron chi connectivity index (χ3n) is 4.28. The van der Waals surface area contributed by atoms with Crippen molar-refractivity contribution in [1.82, 2.24) is 4.53 Å². The maximum absolute atomic E-state index is 15.1. The van der Waals surface area contributed by atoms with Gasteiger partial charge in [0.2, 0.25) is 0 Å². The number of esters is 1. The molecule has 0 spiro atoms. The zero-order valence-corrected chi connectivity index (χ0v) is 19.3. The molecule has 0 saturated carbocycles. The van der Waals surface area contributed by atoms with E-state index in [1.54, 1.807) is 37.3 Å². The zero-order valence-electron chi connectivity index (χ0n) is 16.9. The lowest BCUT2D eigenvalue weighted by atomic mass is 10.2. The highest BCUT2D eigenvalue weighted by Crippen LogP contribution is 2.28. The summed E-state index contributed by atoms with van der Waals surface area (Å²) in [6.45, 7) is 2.61. The Bertz CT molecular complexity index is 1110. The van der Waals surface area contributed by atoms with E-state index in [9.17, 15) is 21.6 Å². The van der Waals surface area contributed by atoms with Crippen molar-refractivity contribution in [1.29, 1.82) is 0 Å². The summed E-state index contributed by atoms with van der Waals surface area (Å²) >= 11 is 5.86. The summed E-state index contributed by atoms with van der Waals surface area (Å²) < 4.78 is 70.3. The van der Waals surface area contributed by atoms with Crippen LogP contribution in [0.25, 0.3) is 0 Å². The molecule has 2 unspecified atom stereocenters. The zero-order chi connectivity index (χ0) is 23.2. The molecule has 0 saturated heterocycles. The minimum atomic E-state index is -5.04. The summed E-state index contributed by atoms with van der Waals surface area (Å²) in [6, 6.07) is 13.5. The fourth-order valence-electron chi connectivity index (χ4n) is 2.87. The Morgan fingerprint density at radius 2 is 1.65 bits per heavy atom. The molecule has 0 fully saturated rings. The van der Waals surface area contributed by atoms with E-state index in [-0.39, 0.29) is 13.0 Å². The molecular weight excluding hydrogens is 469 g/mol. The topological polar surface area (TPSA) is 97.8 Å². The van der Waals surface area contributed by atoms with Crippen LogP contribution in [0.2, 0.25) is 0 Å². The van der Waals surface area contributed by atoms with E-state index >= 15 is 4.48 Å². The van der Waals surface area contributed by atoms with Crippen molar-refractivity contribution in [2.45, 2.75) is 42.5 Å². The highest BCUT2D eigenvalue weighted by Gasteiger charge is 2.44. The Morgan fingerprint density at radius 1 is 1.06 bits per heavy atom. The average molecular weight is 492 g/mol. The van der Waals surface area contributed by atoms with Crippen molar-refractivity contribution in [3.05, 3.63) is 65.7 Å². The average Bonchev–Trinajstić information content (AvgIpc) is 2.72. The Balaban J connectivity index is 2.39. The third-order valence-corrected chi connectivity index (χ3v) is 8.70. The number of nitrogens with zero attached hydrogens (tertiary/aromatic N) is 1.